The Bertz CT molecular complexity index is 985. The Labute approximate surface area is 168 Å². The lowest BCUT2D eigenvalue weighted by molar-refractivity contribution is -0.140. The Balaban J connectivity index is 2.10. The minimum Gasteiger partial charge on any atom is -0.507 e. The average molecular weight is 394 g/mol. The molecule has 0 spiro atoms. The van der Waals surface area contributed by atoms with Crippen LogP contribution in [0.5, 0.6) is 5.75 Å². The minimum atomic E-state index is -0.833. The molecule has 2 aromatic carbocycles. The van der Waals surface area contributed by atoms with E-state index in [4.69, 9.17) is 9.47 Å². The molecule has 0 heterocycles. The van der Waals surface area contributed by atoms with Crippen LogP contribution in [0.2, 0.25) is 0 Å². The number of Topliss-reactive ketones (excluding diaryl/α,β-unsaturated/α-hetero) is 2. The lowest BCUT2D eigenvalue weighted by Gasteiger charge is -2.24. The van der Waals surface area contributed by atoms with E-state index in [9.17, 15) is 19.5 Å². The number of esters is 1. The average Bonchev–Trinajstić information content (AvgIpc) is 2.71. The first kappa shape index (κ1) is 20.3. The molecule has 1 aliphatic carbocycles. The number of ether oxygens (including phenoxy) is 2. The SMILES string of the molecule is COC(=O)CC(C1=C(O)c2ccccc2C(=O)C1=O)c1ccc(OC(C)C)cc1. The number of aliphatic hydroxyl groups excluding tert-OH is 1. The first-order valence-corrected chi connectivity index (χ1v) is 9.28. The molecule has 2 aromatic rings. The van der Waals surface area contributed by atoms with Crippen LogP contribution in [0.25, 0.3) is 5.76 Å². The zero-order valence-electron chi connectivity index (χ0n) is 16.5. The van der Waals surface area contributed by atoms with E-state index in [1.807, 2.05) is 13.8 Å². The first-order valence-electron chi connectivity index (χ1n) is 9.28. The van der Waals surface area contributed by atoms with Crippen LogP contribution in [0, 0.1) is 0 Å². The lowest BCUT2D eigenvalue weighted by Crippen LogP contribution is -2.28. The summed E-state index contributed by atoms with van der Waals surface area (Å²) in [6, 6.07) is 13.2. The van der Waals surface area contributed by atoms with E-state index in [2.05, 4.69) is 0 Å². The molecule has 0 saturated carbocycles. The van der Waals surface area contributed by atoms with E-state index in [1.54, 1.807) is 42.5 Å². The zero-order valence-corrected chi connectivity index (χ0v) is 16.5. The summed E-state index contributed by atoms with van der Waals surface area (Å²) in [7, 11) is 1.25. The Morgan fingerprint density at radius 1 is 0.966 bits per heavy atom. The molecule has 0 aromatic heterocycles. The molecule has 29 heavy (non-hydrogen) atoms. The van der Waals surface area contributed by atoms with Crippen LogP contribution >= 0.6 is 0 Å². The standard InChI is InChI=1S/C23H22O6/c1-13(2)29-15-10-8-14(9-11-15)18(12-19(24)28-3)20-21(25)16-6-4-5-7-17(16)22(26)23(20)27/h4-11,13,18,25H,12H2,1-3H3. The Kier molecular flexibility index (Phi) is 5.82. The van der Waals surface area contributed by atoms with Gasteiger partial charge in [0.2, 0.25) is 11.6 Å². The Hall–Kier alpha value is -3.41. The maximum Gasteiger partial charge on any atom is 0.306 e. The smallest absolute Gasteiger partial charge is 0.306 e. The van der Waals surface area contributed by atoms with E-state index in [0.717, 1.165) is 0 Å². The predicted molar refractivity (Wildman–Crippen MR) is 107 cm³/mol. The molecule has 1 N–H and O–H groups in total. The number of carbonyl (C=O) groups is 3. The summed E-state index contributed by atoms with van der Waals surface area (Å²) in [5.74, 6) is -2.57. The van der Waals surface area contributed by atoms with Gasteiger partial charge in [-0.05, 0) is 31.5 Å². The molecular weight excluding hydrogens is 372 g/mol. The Morgan fingerprint density at radius 2 is 1.59 bits per heavy atom. The molecule has 1 aliphatic rings. The number of hydrogen-bond acceptors (Lipinski definition) is 6. The monoisotopic (exact) mass is 394 g/mol. The third-order valence-corrected chi connectivity index (χ3v) is 4.73. The predicted octanol–water partition coefficient (Wildman–Crippen LogP) is 3.86. The number of carbonyl (C=O) groups excluding carboxylic acids is 3. The van der Waals surface area contributed by atoms with E-state index >= 15 is 0 Å². The molecule has 6 nitrogen and oxygen atoms in total. The van der Waals surface area contributed by atoms with Crippen molar-refractivity contribution in [2.75, 3.05) is 7.11 Å². The molecule has 6 heteroatoms. The molecule has 0 aliphatic heterocycles. The van der Waals surface area contributed by atoms with Gasteiger partial charge in [0.1, 0.15) is 11.5 Å². The normalized spacial score (nSPS) is 14.6. The number of allylic oxidation sites excluding steroid dienone is 1. The van der Waals surface area contributed by atoms with Crippen molar-refractivity contribution in [2.45, 2.75) is 32.3 Å². The van der Waals surface area contributed by atoms with Crippen LogP contribution in [0.15, 0.2) is 54.1 Å². The maximum atomic E-state index is 12.9. The summed E-state index contributed by atoms with van der Waals surface area (Å²) < 4.78 is 10.4. The highest BCUT2D eigenvalue weighted by Gasteiger charge is 2.38. The fourth-order valence-electron chi connectivity index (χ4n) is 3.40. The highest BCUT2D eigenvalue weighted by atomic mass is 16.5. The van der Waals surface area contributed by atoms with E-state index in [1.165, 1.54) is 13.2 Å². The van der Waals surface area contributed by atoms with Crippen LogP contribution in [0.3, 0.4) is 0 Å². The summed E-state index contributed by atoms with van der Waals surface area (Å²) in [4.78, 5) is 37.5. The van der Waals surface area contributed by atoms with Gasteiger partial charge in [0.05, 0.1) is 25.2 Å². The highest BCUT2D eigenvalue weighted by molar-refractivity contribution is 6.52. The molecule has 3 rings (SSSR count). The topological polar surface area (TPSA) is 89.9 Å². The van der Waals surface area contributed by atoms with Crippen molar-refractivity contribution < 1.29 is 29.0 Å². The molecule has 0 fully saturated rings. The van der Waals surface area contributed by atoms with Gasteiger partial charge >= 0.3 is 5.97 Å². The number of aliphatic hydroxyl groups is 1. The highest BCUT2D eigenvalue weighted by Crippen LogP contribution is 2.38. The number of ketones is 2. The van der Waals surface area contributed by atoms with Gasteiger partial charge in [-0.25, -0.2) is 0 Å². The molecule has 0 saturated heterocycles. The summed E-state index contributed by atoms with van der Waals surface area (Å²) >= 11 is 0. The summed E-state index contributed by atoms with van der Waals surface area (Å²) in [6.07, 6.45) is -0.200. The molecular formula is C23H22O6. The van der Waals surface area contributed by atoms with Crippen molar-refractivity contribution in [1.82, 2.24) is 0 Å². The fourth-order valence-corrected chi connectivity index (χ4v) is 3.40. The third kappa shape index (κ3) is 4.06. The van der Waals surface area contributed by atoms with Crippen molar-refractivity contribution in [2.24, 2.45) is 0 Å². The van der Waals surface area contributed by atoms with Gasteiger partial charge in [-0.2, -0.15) is 0 Å². The number of benzene rings is 2. The van der Waals surface area contributed by atoms with Crippen LogP contribution in [0.1, 0.15) is 47.7 Å². The summed E-state index contributed by atoms with van der Waals surface area (Å²) in [5, 5.41) is 10.8. The Morgan fingerprint density at radius 3 is 2.17 bits per heavy atom. The molecule has 150 valence electrons. The zero-order chi connectivity index (χ0) is 21.1. The molecule has 1 unspecified atom stereocenters. The molecule has 0 amide bonds. The second kappa shape index (κ2) is 8.31. The first-order chi connectivity index (χ1) is 13.8. The van der Waals surface area contributed by atoms with E-state index in [-0.39, 0.29) is 35.0 Å². The molecule has 0 radical (unpaired) electrons. The van der Waals surface area contributed by atoms with Crippen LogP contribution in [0.4, 0.5) is 0 Å². The van der Waals surface area contributed by atoms with Gasteiger partial charge in [-0.15, -0.1) is 0 Å². The van der Waals surface area contributed by atoms with Gasteiger partial charge in [0.25, 0.3) is 0 Å². The van der Waals surface area contributed by atoms with Crippen molar-refractivity contribution in [3.63, 3.8) is 0 Å². The van der Waals surface area contributed by atoms with Gasteiger partial charge < -0.3 is 14.6 Å². The van der Waals surface area contributed by atoms with Crippen LogP contribution < -0.4 is 4.74 Å². The van der Waals surface area contributed by atoms with Gasteiger partial charge in [-0.3, -0.25) is 14.4 Å². The second-order valence-corrected chi connectivity index (χ2v) is 7.03. The van der Waals surface area contributed by atoms with E-state index < -0.39 is 23.5 Å². The molecule has 1 atom stereocenters. The quantitative estimate of drug-likeness (QED) is 0.591. The van der Waals surface area contributed by atoms with E-state index in [0.29, 0.717) is 11.3 Å². The number of rotatable bonds is 6. The molecule has 0 bridgehead atoms. The van der Waals surface area contributed by atoms with Gasteiger partial charge in [0, 0.05) is 17.0 Å². The largest absolute Gasteiger partial charge is 0.507 e. The third-order valence-electron chi connectivity index (χ3n) is 4.73. The maximum absolute atomic E-state index is 12.9. The minimum absolute atomic E-state index is 0.00693. The number of fused-ring (bicyclic) bond motifs is 1. The van der Waals surface area contributed by atoms with Crippen molar-refractivity contribution in [1.29, 1.82) is 0 Å². The van der Waals surface area contributed by atoms with Crippen molar-refractivity contribution in [3.8, 4) is 5.75 Å². The second-order valence-electron chi connectivity index (χ2n) is 7.03. The van der Waals surface area contributed by atoms with Crippen LogP contribution in [-0.4, -0.2) is 35.9 Å². The summed E-state index contributed by atoms with van der Waals surface area (Å²) in [5.41, 5.74) is 0.920. The van der Waals surface area contributed by atoms with Gasteiger partial charge in [0.15, 0.2) is 0 Å². The number of methoxy groups -OCH3 is 1. The fraction of sp³-hybridized carbons (Fsp3) is 0.261. The van der Waals surface area contributed by atoms with Crippen molar-refractivity contribution >= 4 is 23.3 Å². The van der Waals surface area contributed by atoms with Crippen LogP contribution in [-0.2, 0) is 14.3 Å². The summed E-state index contributed by atoms with van der Waals surface area (Å²) in [6.45, 7) is 3.81. The lowest BCUT2D eigenvalue weighted by atomic mass is 9.78. The number of hydrogen-bond donors (Lipinski definition) is 1. The van der Waals surface area contributed by atoms with Crippen molar-refractivity contribution in [3.05, 3.63) is 70.8 Å². The van der Waals surface area contributed by atoms with Gasteiger partial charge in [-0.1, -0.05) is 36.4 Å².